The van der Waals surface area contributed by atoms with Crippen LogP contribution < -0.4 is 0 Å². The number of rotatable bonds is 5. The van der Waals surface area contributed by atoms with Crippen LogP contribution in [0, 0.1) is 4.77 Å². The summed E-state index contributed by atoms with van der Waals surface area (Å²) in [5.41, 5.74) is 1.10. The van der Waals surface area contributed by atoms with Crippen LogP contribution >= 0.6 is 12.2 Å². The Morgan fingerprint density at radius 2 is 2.12 bits per heavy atom. The number of nitrogens with zero attached hydrogens (tertiary/aromatic N) is 3. The van der Waals surface area contributed by atoms with Gasteiger partial charge in [-0.1, -0.05) is 37.3 Å². The van der Waals surface area contributed by atoms with E-state index in [1.807, 2.05) is 42.2 Å². The molecule has 0 radical (unpaired) electrons. The van der Waals surface area contributed by atoms with Crippen LogP contribution in [-0.2, 0) is 22.5 Å². The molecule has 1 aliphatic heterocycles. The maximum absolute atomic E-state index is 12.9. The number of aryl methyl sites for hydroxylation is 1. The molecule has 2 unspecified atom stereocenters. The van der Waals surface area contributed by atoms with Gasteiger partial charge in [-0.2, -0.15) is 5.10 Å². The lowest BCUT2D eigenvalue weighted by Gasteiger charge is -2.37. The van der Waals surface area contributed by atoms with Crippen molar-refractivity contribution < 1.29 is 9.53 Å². The van der Waals surface area contributed by atoms with Gasteiger partial charge in [0.1, 0.15) is 18.5 Å². The Bertz CT molecular complexity index is 771. The maximum Gasteiger partial charge on any atom is 0.242 e. The monoisotopic (exact) mass is 360 g/mol. The Hall–Kier alpha value is -1.99. The Balaban J connectivity index is 1.73. The van der Waals surface area contributed by atoms with Gasteiger partial charge in [-0.05, 0) is 31.1 Å². The first kappa shape index (κ1) is 17.8. The zero-order valence-electron chi connectivity index (χ0n) is 14.6. The van der Waals surface area contributed by atoms with Crippen molar-refractivity contribution in [3.05, 3.63) is 46.5 Å². The predicted molar refractivity (Wildman–Crippen MR) is 97.7 cm³/mol. The van der Waals surface area contributed by atoms with Crippen molar-refractivity contribution in [3.8, 4) is 0 Å². The highest BCUT2D eigenvalue weighted by atomic mass is 32.1. The van der Waals surface area contributed by atoms with Crippen LogP contribution in [0.15, 0.2) is 30.3 Å². The van der Waals surface area contributed by atoms with Crippen LogP contribution in [-0.4, -0.2) is 44.8 Å². The summed E-state index contributed by atoms with van der Waals surface area (Å²) < 4.78 is 8.34. The minimum atomic E-state index is -0.0960. The molecule has 6 nitrogen and oxygen atoms in total. The van der Waals surface area contributed by atoms with E-state index in [2.05, 4.69) is 17.1 Å². The van der Waals surface area contributed by atoms with Crippen LogP contribution in [0.2, 0.25) is 0 Å². The number of nitrogens with one attached hydrogen (secondary N) is 1. The molecule has 0 aliphatic carbocycles. The van der Waals surface area contributed by atoms with E-state index in [9.17, 15) is 4.79 Å². The number of carbonyl (C=O) groups excluding carboxylic acids is 1. The number of hydrogen-bond donors (Lipinski definition) is 1. The predicted octanol–water partition coefficient (Wildman–Crippen LogP) is 2.88. The SMILES string of the molecule is CCCc1n[nH]c(=S)n1CC(=O)N1CC(C)OC(c2ccccc2)C1. The molecule has 1 amide bonds. The molecule has 0 saturated carbocycles. The van der Waals surface area contributed by atoms with E-state index >= 15 is 0 Å². The molecule has 2 aromatic rings. The van der Waals surface area contributed by atoms with Crippen molar-refractivity contribution in [1.29, 1.82) is 0 Å². The van der Waals surface area contributed by atoms with Crippen molar-refractivity contribution in [2.75, 3.05) is 13.1 Å². The van der Waals surface area contributed by atoms with Crippen LogP contribution in [0.5, 0.6) is 0 Å². The first-order valence-electron chi connectivity index (χ1n) is 8.70. The fourth-order valence-electron chi connectivity index (χ4n) is 3.17. The Labute approximate surface area is 152 Å². The zero-order chi connectivity index (χ0) is 17.8. The molecule has 7 heteroatoms. The minimum absolute atomic E-state index is 0.00431. The van der Waals surface area contributed by atoms with Crippen LogP contribution in [0.25, 0.3) is 0 Å². The summed E-state index contributed by atoms with van der Waals surface area (Å²) >= 11 is 5.28. The van der Waals surface area contributed by atoms with Gasteiger partial charge < -0.3 is 9.64 Å². The molecule has 1 aliphatic rings. The number of carbonyl (C=O) groups is 1. The Morgan fingerprint density at radius 1 is 1.36 bits per heavy atom. The summed E-state index contributed by atoms with van der Waals surface area (Å²) in [6.45, 7) is 5.45. The van der Waals surface area contributed by atoms with Crippen molar-refractivity contribution in [3.63, 3.8) is 0 Å². The summed E-state index contributed by atoms with van der Waals surface area (Å²) in [6.07, 6.45) is 1.65. The second-order valence-corrected chi connectivity index (χ2v) is 6.81. The normalized spacial score (nSPS) is 20.6. The molecule has 1 aromatic carbocycles. The lowest BCUT2D eigenvalue weighted by molar-refractivity contribution is -0.145. The lowest BCUT2D eigenvalue weighted by atomic mass is 10.1. The van der Waals surface area contributed by atoms with E-state index in [0.29, 0.717) is 17.9 Å². The second-order valence-electron chi connectivity index (χ2n) is 6.43. The van der Waals surface area contributed by atoms with Gasteiger partial charge in [-0.25, -0.2) is 0 Å². The average Bonchev–Trinajstić information content (AvgIpc) is 2.95. The van der Waals surface area contributed by atoms with Gasteiger partial charge in [0.2, 0.25) is 5.91 Å². The highest BCUT2D eigenvalue weighted by Gasteiger charge is 2.29. The van der Waals surface area contributed by atoms with Crippen LogP contribution in [0.3, 0.4) is 0 Å². The molecule has 0 bridgehead atoms. The summed E-state index contributed by atoms with van der Waals surface area (Å²) in [7, 11) is 0. The van der Waals surface area contributed by atoms with Gasteiger partial charge in [-0.15, -0.1) is 0 Å². The van der Waals surface area contributed by atoms with Gasteiger partial charge in [0, 0.05) is 13.0 Å². The number of aromatic amines is 1. The molecule has 1 fully saturated rings. The largest absolute Gasteiger partial charge is 0.367 e. The first-order chi connectivity index (χ1) is 12.1. The van der Waals surface area contributed by atoms with Crippen LogP contribution in [0.1, 0.15) is 37.8 Å². The van der Waals surface area contributed by atoms with E-state index in [0.717, 1.165) is 24.2 Å². The summed E-state index contributed by atoms with van der Waals surface area (Å²) in [5.74, 6) is 0.882. The van der Waals surface area contributed by atoms with Gasteiger partial charge in [-0.3, -0.25) is 14.5 Å². The molecule has 1 saturated heterocycles. The first-order valence-corrected chi connectivity index (χ1v) is 9.11. The highest BCUT2D eigenvalue weighted by Crippen LogP contribution is 2.25. The van der Waals surface area contributed by atoms with E-state index < -0.39 is 0 Å². The standard InChI is InChI=1S/C18H24N4O2S/c1-3-7-16-19-20-18(25)22(16)12-17(23)21-10-13(2)24-15(11-21)14-8-5-4-6-9-14/h4-6,8-9,13,15H,3,7,10-12H2,1-2H3,(H,20,25). The third kappa shape index (κ3) is 4.16. The fourth-order valence-corrected chi connectivity index (χ4v) is 3.39. The molecule has 1 N–H and O–H groups in total. The van der Waals surface area contributed by atoms with E-state index in [1.165, 1.54) is 0 Å². The third-order valence-electron chi connectivity index (χ3n) is 4.39. The second kappa shape index (κ2) is 7.93. The molecule has 3 rings (SSSR count). The minimum Gasteiger partial charge on any atom is -0.367 e. The Morgan fingerprint density at radius 3 is 2.84 bits per heavy atom. The van der Waals surface area contributed by atoms with Gasteiger partial charge in [0.15, 0.2) is 4.77 Å². The summed E-state index contributed by atoms with van der Waals surface area (Å²) in [4.78, 5) is 14.7. The molecule has 1 aromatic heterocycles. The smallest absolute Gasteiger partial charge is 0.242 e. The van der Waals surface area contributed by atoms with Crippen molar-refractivity contribution >= 4 is 18.1 Å². The highest BCUT2D eigenvalue weighted by molar-refractivity contribution is 7.71. The summed E-state index contributed by atoms with van der Waals surface area (Å²) in [5, 5.41) is 7.03. The zero-order valence-corrected chi connectivity index (χ0v) is 15.5. The molecule has 25 heavy (non-hydrogen) atoms. The van der Waals surface area contributed by atoms with E-state index in [-0.39, 0.29) is 24.7 Å². The van der Waals surface area contributed by atoms with Crippen molar-refractivity contribution in [2.24, 2.45) is 0 Å². The van der Waals surface area contributed by atoms with Gasteiger partial charge >= 0.3 is 0 Å². The average molecular weight is 360 g/mol. The molecular weight excluding hydrogens is 336 g/mol. The molecule has 134 valence electrons. The number of ether oxygens (including phenoxy) is 1. The number of amides is 1. The molecule has 0 spiro atoms. The van der Waals surface area contributed by atoms with E-state index in [4.69, 9.17) is 17.0 Å². The molecule has 2 heterocycles. The van der Waals surface area contributed by atoms with Crippen molar-refractivity contribution in [2.45, 2.75) is 45.4 Å². The van der Waals surface area contributed by atoms with Crippen molar-refractivity contribution in [1.82, 2.24) is 19.7 Å². The number of H-pyrrole nitrogens is 1. The quantitative estimate of drug-likeness (QED) is 0.833. The molecule has 2 atom stereocenters. The number of morpholine rings is 1. The summed E-state index contributed by atoms with van der Waals surface area (Å²) in [6, 6.07) is 10.0. The maximum atomic E-state index is 12.9. The van der Waals surface area contributed by atoms with E-state index in [1.54, 1.807) is 4.57 Å². The number of aromatic nitrogens is 3. The lowest BCUT2D eigenvalue weighted by Crippen LogP contribution is -2.47. The Kier molecular flexibility index (Phi) is 5.65. The fraction of sp³-hybridized carbons (Fsp3) is 0.500. The topological polar surface area (TPSA) is 63.2 Å². The third-order valence-corrected chi connectivity index (χ3v) is 4.70. The number of hydrogen-bond acceptors (Lipinski definition) is 4. The van der Waals surface area contributed by atoms with Gasteiger partial charge in [0.05, 0.1) is 12.6 Å². The number of benzene rings is 1. The van der Waals surface area contributed by atoms with Gasteiger partial charge in [0.25, 0.3) is 0 Å². The van der Waals surface area contributed by atoms with Crippen LogP contribution in [0.4, 0.5) is 0 Å². The molecular formula is C18H24N4O2S.